The van der Waals surface area contributed by atoms with Crippen molar-refractivity contribution in [2.45, 2.75) is 32.6 Å². The van der Waals surface area contributed by atoms with Crippen LogP contribution in [-0.4, -0.2) is 22.4 Å². The van der Waals surface area contributed by atoms with Crippen LogP contribution in [0.2, 0.25) is 0 Å². The highest BCUT2D eigenvalue weighted by atomic mass is 16.1. The number of aromatic nitrogens is 2. The largest absolute Gasteiger partial charge is 0.370 e. The van der Waals surface area contributed by atoms with E-state index in [9.17, 15) is 4.79 Å². The van der Waals surface area contributed by atoms with Crippen molar-refractivity contribution in [2.24, 2.45) is 11.6 Å². The maximum absolute atomic E-state index is 10.6. The molecule has 0 radical (unpaired) electrons. The smallest absolute Gasteiger partial charge is 0.217 e. The fourth-order valence-electron chi connectivity index (χ4n) is 1.67. The molecule has 0 aliphatic rings. The number of nitrogens with zero attached hydrogens (tertiary/aromatic N) is 2. The predicted octanol–water partition coefficient (Wildman–Crippen LogP) is 0.563. The monoisotopic (exact) mass is 252 g/mol. The highest BCUT2D eigenvalue weighted by Crippen LogP contribution is 2.27. The molecule has 0 saturated carbocycles. The number of nitrogen functional groups attached to an aromatic ring is 1. The number of carbonyl (C=O) groups is 1. The van der Waals surface area contributed by atoms with Crippen LogP contribution in [0.15, 0.2) is 6.33 Å². The average Bonchev–Trinajstić information content (AvgIpc) is 2.33. The van der Waals surface area contributed by atoms with Crippen molar-refractivity contribution < 1.29 is 4.79 Å². The Morgan fingerprint density at radius 1 is 1.39 bits per heavy atom. The summed E-state index contributed by atoms with van der Waals surface area (Å²) in [6, 6.07) is 0. The summed E-state index contributed by atoms with van der Waals surface area (Å²) in [6.45, 7) is 4.70. The number of nitrogens with two attached hydrogens (primary N) is 2. The molecule has 1 rings (SSSR count). The summed E-state index contributed by atoms with van der Waals surface area (Å²) in [7, 11) is 0. The van der Waals surface area contributed by atoms with Gasteiger partial charge in [0.15, 0.2) is 0 Å². The maximum atomic E-state index is 10.6. The molecule has 1 amide bonds. The van der Waals surface area contributed by atoms with E-state index in [2.05, 4.69) is 20.7 Å². The molecule has 0 aromatic carbocycles. The van der Waals surface area contributed by atoms with Gasteiger partial charge >= 0.3 is 0 Å². The molecule has 7 heteroatoms. The van der Waals surface area contributed by atoms with Crippen LogP contribution in [0, 0.1) is 0 Å². The zero-order chi connectivity index (χ0) is 13.5. The Morgan fingerprint density at radius 2 is 2.06 bits per heavy atom. The van der Waals surface area contributed by atoms with E-state index in [1.165, 1.54) is 6.33 Å². The summed E-state index contributed by atoms with van der Waals surface area (Å²) in [5.74, 6) is 6.70. The zero-order valence-corrected chi connectivity index (χ0v) is 10.7. The van der Waals surface area contributed by atoms with Crippen LogP contribution in [0.25, 0.3) is 0 Å². The number of primary amides is 1. The van der Waals surface area contributed by atoms with E-state index in [1.54, 1.807) is 0 Å². The molecule has 0 fully saturated rings. The Labute approximate surface area is 106 Å². The number of hydrogen-bond acceptors (Lipinski definition) is 6. The Morgan fingerprint density at radius 3 is 2.61 bits per heavy atom. The van der Waals surface area contributed by atoms with Gasteiger partial charge in [0.05, 0.1) is 0 Å². The van der Waals surface area contributed by atoms with Gasteiger partial charge in [0, 0.05) is 18.5 Å². The third-order valence-electron chi connectivity index (χ3n) is 2.49. The van der Waals surface area contributed by atoms with Gasteiger partial charge in [-0.15, -0.1) is 0 Å². The van der Waals surface area contributed by atoms with Gasteiger partial charge in [-0.3, -0.25) is 4.79 Å². The van der Waals surface area contributed by atoms with E-state index < -0.39 is 0 Å². The molecule has 0 aliphatic heterocycles. The lowest BCUT2D eigenvalue weighted by Gasteiger charge is -2.16. The number of hydrogen-bond donors (Lipinski definition) is 4. The van der Waals surface area contributed by atoms with Gasteiger partial charge in [0.2, 0.25) is 5.91 Å². The molecule has 0 spiro atoms. The lowest BCUT2D eigenvalue weighted by atomic mass is 10.0. The number of nitrogens with one attached hydrogen (secondary N) is 2. The number of hydrazine groups is 1. The average molecular weight is 252 g/mol. The molecule has 1 aromatic rings. The number of rotatable bonds is 7. The molecule has 7 nitrogen and oxygen atoms in total. The lowest BCUT2D eigenvalue weighted by Crippen LogP contribution is -2.16. The van der Waals surface area contributed by atoms with E-state index in [4.69, 9.17) is 11.6 Å². The molecule has 1 aromatic heterocycles. The SMILES string of the molecule is CC(C)c1c(NN)ncnc1NCCCC(N)=O. The Balaban J connectivity index is 2.72. The van der Waals surface area contributed by atoms with Crippen LogP contribution >= 0.6 is 0 Å². The van der Waals surface area contributed by atoms with Gasteiger partial charge in [-0.1, -0.05) is 13.8 Å². The van der Waals surface area contributed by atoms with E-state index in [-0.39, 0.29) is 11.8 Å². The molecule has 0 unspecified atom stereocenters. The first kappa shape index (κ1) is 14.2. The van der Waals surface area contributed by atoms with Crippen molar-refractivity contribution in [2.75, 3.05) is 17.3 Å². The maximum Gasteiger partial charge on any atom is 0.217 e. The fraction of sp³-hybridized carbons (Fsp3) is 0.545. The van der Waals surface area contributed by atoms with Crippen molar-refractivity contribution in [1.82, 2.24) is 9.97 Å². The summed E-state index contributed by atoms with van der Waals surface area (Å²) in [5.41, 5.74) is 8.57. The summed E-state index contributed by atoms with van der Waals surface area (Å²) < 4.78 is 0. The third kappa shape index (κ3) is 3.85. The van der Waals surface area contributed by atoms with E-state index >= 15 is 0 Å². The van der Waals surface area contributed by atoms with Crippen LogP contribution in [0.3, 0.4) is 0 Å². The Hall–Kier alpha value is -1.89. The zero-order valence-electron chi connectivity index (χ0n) is 10.7. The van der Waals surface area contributed by atoms with Gasteiger partial charge in [0.1, 0.15) is 18.0 Å². The van der Waals surface area contributed by atoms with Crippen molar-refractivity contribution in [3.8, 4) is 0 Å². The summed E-state index contributed by atoms with van der Waals surface area (Å²) >= 11 is 0. The minimum atomic E-state index is -0.298. The van der Waals surface area contributed by atoms with Crippen molar-refractivity contribution in [1.29, 1.82) is 0 Å². The predicted molar refractivity (Wildman–Crippen MR) is 70.8 cm³/mol. The quantitative estimate of drug-likeness (QED) is 0.320. The highest BCUT2D eigenvalue weighted by Gasteiger charge is 2.13. The van der Waals surface area contributed by atoms with Gasteiger partial charge in [-0.05, 0) is 12.3 Å². The standard InChI is InChI=1S/C11H20N6O/c1-7(2)9-10(14-5-3-4-8(12)18)15-6-16-11(9)17-13/h6-7H,3-5,13H2,1-2H3,(H2,12,18)(H2,14,15,16,17). The van der Waals surface area contributed by atoms with Gasteiger partial charge < -0.3 is 16.5 Å². The van der Waals surface area contributed by atoms with Crippen molar-refractivity contribution in [3.63, 3.8) is 0 Å². The van der Waals surface area contributed by atoms with E-state index in [1.807, 2.05) is 13.8 Å². The summed E-state index contributed by atoms with van der Waals surface area (Å²) in [6.07, 6.45) is 2.47. The summed E-state index contributed by atoms with van der Waals surface area (Å²) in [5, 5.41) is 3.17. The normalized spacial score (nSPS) is 10.4. The van der Waals surface area contributed by atoms with E-state index in [0.29, 0.717) is 25.2 Å². The number of anilines is 2. The molecular weight excluding hydrogens is 232 g/mol. The van der Waals surface area contributed by atoms with Crippen LogP contribution in [-0.2, 0) is 4.79 Å². The number of carbonyl (C=O) groups excluding carboxylic acids is 1. The molecule has 6 N–H and O–H groups in total. The van der Waals surface area contributed by atoms with Gasteiger partial charge in [-0.2, -0.15) is 0 Å². The minimum Gasteiger partial charge on any atom is -0.370 e. The first-order valence-electron chi connectivity index (χ1n) is 5.90. The molecule has 0 aliphatic carbocycles. The Kier molecular flexibility index (Phi) is 5.31. The minimum absolute atomic E-state index is 0.232. The topological polar surface area (TPSA) is 119 Å². The van der Waals surface area contributed by atoms with Crippen molar-refractivity contribution in [3.05, 3.63) is 11.9 Å². The second-order valence-corrected chi connectivity index (χ2v) is 4.28. The Bertz CT molecular complexity index is 407. The number of amides is 1. The van der Waals surface area contributed by atoms with Gasteiger partial charge in [0.25, 0.3) is 0 Å². The first-order chi connectivity index (χ1) is 8.56. The highest BCUT2D eigenvalue weighted by molar-refractivity contribution is 5.73. The van der Waals surface area contributed by atoms with Crippen LogP contribution in [0.1, 0.15) is 38.2 Å². The van der Waals surface area contributed by atoms with E-state index in [0.717, 1.165) is 11.4 Å². The molecular formula is C11H20N6O. The first-order valence-corrected chi connectivity index (χ1v) is 5.90. The van der Waals surface area contributed by atoms with Crippen LogP contribution < -0.4 is 22.3 Å². The fourth-order valence-corrected chi connectivity index (χ4v) is 1.67. The second-order valence-electron chi connectivity index (χ2n) is 4.28. The van der Waals surface area contributed by atoms with Crippen LogP contribution in [0.4, 0.5) is 11.6 Å². The third-order valence-corrected chi connectivity index (χ3v) is 2.49. The van der Waals surface area contributed by atoms with Gasteiger partial charge in [-0.25, -0.2) is 15.8 Å². The molecule has 0 atom stereocenters. The van der Waals surface area contributed by atoms with Crippen molar-refractivity contribution >= 4 is 17.5 Å². The lowest BCUT2D eigenvalue weighted by molar-refractivity contribution is -0.118. The molecule has 100 valence electrons. The molecule has 1 heterocycles. The molecule has 18 heavy (non-hydrogen) atoms. The summed E-state index contributed by atoms with van der Waals surface area (Å²) in [4.78, 5) is 18.9. The molecule has 0 saturated heterocycles. The second kappa shape index (κ2) is 6.75. The van der Waals surface area contributed by atoms with Crippen LogP contribution in [0.5, 0.6) is 0 Å². The molecule has 0 bridgehead atoms.